The number of benzene rings is 1. The minimum absolute atomic E-state index is 0.000220. The van der Waals surface area contributed by atoms with Crippen LogP contribution in [0.1, 0.15) is 35.2 Å². The summed E-state index contributed by atoms with van der Waals surface area (Å²) in [5.41, 5.74) is 1.79. The molecule has 8 heteroatoms. The van der Waals surface area contributed by atoms with E-state index < -0.39 is 9.84 Å². The van der Waals surface area contributed by atoms with Gasteiger partial charge in [-0.2, -0.15) is 0 Å². The van der Waals surface area contributed by atoms with Crippen molar-refractivity contribution in [2.24, 2.45) is 5.92 Å². The van der Waals surface area contributed by atoms with E-state index in [0.29, 0.717) is 38.2 Å². The molecule has 7 nitrogen and oxygen atoms in total. The van der Waals surface area contributed by atoms with Crippen LogP contribution in [-0.4, -0.2) is 91.7 Å². The minimum atomic E-state index is -2.89. The van der Waals surface area contributed by atoms with Crippen molar-refractivity contribution in [1.29, 1.82) is 0 Å². The van der Waals surface area contributed by atoms with Crippen LogP contribution in [0.2, 0.25) is 0 Å². The quantitative estimate of drug-likeness (QED) is 0.715. The van der Waals surface area contributed by atoms with Gasteiger partial charge in [-0.3, -0.25) is 14.5 Å². The first-order valence-electron chi connectivity index (χ1n) is 10.9. The number of sulfone groups is 1. The van der Waals surface area contributed by atoms with E-state index in [9.17, 15) is 18.0 Å². The molecule has 0 saturated carbocycles. The molecule has 2 unspecified atom stereocenters. The third kappa shape index (κ3) is 4.70. The highest BCUT2D eigenvalue weighted by molar-refractivity contribution is 7.91. The lowest BCUT2D eigenvalue weighted by molar-refractivity contribution is -0.139. The fourth-order valence-corrected chi connectivity index (χ4v) is 6.63. The molecule has 2 amide bonds. The summed E-state index contributed by atoms with van der Waals surface area (Å²) in [6.45, 7) is 5.90. The number of carbonyl (C=O) groups is 2. The number of likely N-dealkylation sites (tertiary alicyclic amines) is 1. The predicted octanol–water partition coefficient (Wildman–Crippen LogP) is 1.18. The maximum atomic E-state index is 13.1. The minimum Gasteiger partial charge on any atom is -0.340 e. The van der Waals surface area contributed by atoms with Crippen molar-refractivity contribution < 1.29 is 18.0 Å². The van der Waals surface area contributed by atoms with Gasteiger partial charge >= 0.3 is 0 Å². The Bertz CT molecular complexity index is 891. The summed E-state index contributed by atoms with van der Waals surface area (Å²) in [6.07, 6.45) is 2.36. The summed E-state index contributed by atoms with van der Waals surface area (Å²) < 4.78 is 23.5. The first-order valence-corrected chi connectivity index (χ1v) is 12.7. The molecule has 3 fully saturated rings. The summed E-state index contributed by atoms with van der Waals surface area (Å²) in [7, 11) is -2.89. The van der Waals surface area contributed by atoms with Gasteiger partial charge in [0, 0.05) is 50.9 Å². The first-order chi connectivity index (χ1) is 14.3. The Kier molecular flexibility index (Phi) is 6.16. The average molecular weight is 434 g/mol. The zero-order valence-electron chi connectivity index (χ0n) is 17.6. The molecular weight excluding hydrogens is 402 g/mol. The molecule has 0 N–H and O–H groups in total. The zero-order valence-corrected chi connectivity index (χ0v) is 18.4. The predicted molar refractivity (Wildman–Crippen MR) is 115 cm³/mol. The molecule has 0 aromatic heterocycles. The Labute approximate surface area is 178 Å². The molecule has 0 radical (unpaired) electrons. The van der Waals surface area contributed by atoms with Gasteiger partial charge in [0.05, 0.1) is 17.4 Å². The van der Waals surface area contributed by atoms with E-state index in [-0.39, 0.29) is 35.3 Å². The van der Waals surface area contributed by atoms with Gasteiger partial charge in [-0.1, -0.05) is 17.7 Å². The van der Waals surface area contributed by atoms with Crippen LogP contribution in [-0.2, 0) is 14.6 Å². The maximum Gasteiger partial charge on any atom is 0.253 e. The smallest absolute Gasteiger partial charge is 0.253 e. The lowest BCUT2D eigenvalue weighted by Gasteiger charge is -2.40. The van der Waals surface area contributed by atoms with Crippen molar-refractivity contribution in [3.05, 3.63) is 35.4 Å². The van der Waals surface area contributed by atoms with Crippen molar-refractivity contribution >= 4 is 21.7 Å². The highest BCUT2D eigenvalue weighted by Gasteiger charge is 2.36. The van der Waals surface area contributed by atoms with Gasteiger partial charge in [-0.05, 0) is 38.3 Å². The monoisotopic (exact) mass is 433 g/mol. The van der Waals surface area contributed by atoms with Gasteiger partial charge in [0.15, 0.2) is 9.84 Å². The topological polar surface area (TPSA) is 78.0 Å². The Hall–Kier alpha value is -1.93. The number of carbonyl (C=O) groups excluding carboxylic acids is 2. The molecule has 3 heterocycles. The molecule has 30 heavy (non-hydrogen) atoms. The zero-order chi connectivity index (χ0) is 21.3. The van der Waals surface area contributed by atoms with Crippen LogP contribution in [0.15, 0.2) is 24.3 Å². The van der Waals surface area contributed by atoms with Crippen molar-refractivity contribution in [3.63, 3.8) is 0 Å². The molecule has 0 spiro atoms. The SMILES string of the molecule is Cc1ccc(C(=O)N2CCCC(C(=O)N3CCN(C4CCS(=O)(=O)C4)CC3)C2)cc1. The number of hydrogen-bond donors (Lipinski definition) is 0. The molecule has 0 bridgehead atoms. The summed E-state index contributed by atoms with van der Waals surface area (Å²) in [5, 5.41) is 0. The van der Waals surface area contributed by atoms with E-state index in [0.717, 1.165) is 31.5 Å². The maximum absolute atomic E-state index is 13.1. The summed E-state index contributed by atoms with van der Waals surface area (Å²) in [6, 6.07) is 7.69. The van der Waals surface area contributed by atoms with Crippen LogP contribution >= 0.6 is 0 Å². The van der Waals surface area contributed by atoms with E-state index in [1.807, 2.05) is 41.0 Å². The van der Waals surface area contributed by atoms with Crippen LogP contribution < -0.4 is 0 Å². The Morgan fingerprint density at radius 2 is 1.63 bits per heavy atom. The first kappa shape index (κ1) is 21.3. The lowest BCUT2D eigenvalue weighted by atomic mass is 9.95. The summed E-state index contributed by atoms with van der Waals surface area (Å²) in [5.74, 6) is 0.519. The highest BCUT2D eigenvalue weighted by atomic mass is 32.2. The molecule has 2 atom stereocenters. The van der Waals surface area contributed by atoms with Crippen LogP contribution in [0, 0.1) is 12.8 Å². The fraction of sp³-hybridized carbons (Fsp3) is 0.636. The Morgan fingerprint density at radius 3 is 2.27 bits per heavy atom. The van der Waals surface area contributed by atoms with Gasteiger partial charge in [0.2, 0.25) is 5.91 Å². The second-order valence-corrected chi connectivity index (χ2v) is 11.1. The molecule has 3 saturated heterocycles. The second-order valence-electron chi connectivity index (χ2n) is 8.87. The van der Waals surface area contributed by atoms with E-state index in [1.54, 1.807) is 0 Å². The van der Waals surface area contributed by atoms with E-state index >= 15 is 0 Å². The van der Waals surface area contributed by atoms with Crippen LogP contribution in [0.5, 0.6) is 0 Å². The Morgan fingerprint density at radius 1 is 0.933 bits per heavy atom. The van der Waals surface area contributed by atoms with Crippen molar-refractivity contribution in [2.45, 2.75) is 32.2 Å². The summed E-state index contributed by atoms with van der Waals surface area (Å²) >= 11 is 0. The fourth-order valence-electron chi connectivity index (χ4n) is 4.87. The molecule has 1 aromatic carbocycles. The van der Waals surface area contributed by atoms with Crippen LogP contribution in [0.4, 0.5) is 0 Å². The van der Waals surface area contributed by atoms with Crippen molar-refractivity contribution in [1.82, 2.24) is 14.7 Å². The number of piperazine rings is 1. The lowest BCUT2D eigenvalue weighted by Crippen LogP contribution is -2.55. The van der Waals surface area contributed by atoms with E-state index in [2.05, 4.69) is 4.90 Å². The molecule has 1 aromatic rings. The molecule has 3 aliphatic heterocycles. The number of amides is 2. The van der Waals surface area contributed by atoms with E-state index in [4.69, 9.17) is 0 Å². The van der Waals surface area contributed by atoms with Crippen LogP contribution in [0.25, 0.3) is 0 Å². The van der Waals surface area contributed by atoms with Gasteiger partial charge in [-0.25, -0.2) is 8.42 Å². The average Bonchev–Trinajstić information content (AvgIpc) is 3.13. The number of hydrogen-bond acceptors (Lipinski definition) is 5. The molecule has 4 rings (SSSR count). The van der Waals surface area contributed by atoms with Crippen molar-refractivity contribution in [3.8, 4) is 0 Å². The summed E-state index contributed by atoms with van der Waals surface area (Å²) in [4.78, 5) is 31.9. The number of piperidine rings is 1. The van der Waals surface area contributed by atoms with Crippen LogP contribution in [0.3, 0.4) is 0 Å². The third-order valence-corrected chi connectivity index (χ3v) is 8.46. The van der Waals surface area contributed by atoms with Gasteiger partial charge in [0.1, 0.15) is 0 Å². The number of rotatable bonds is 3. The highest BCUT2D eigenvalue weighted by Crippen LogP contribution is 2.23. The molecule has 164 valence electrons. The normalized spacial score (nSPS) is 27.2. The molecule has 0 aliphatic carbocycles. The number of nitrogens with zero attached hydrogens (tertiary/aromatic N) is 3. The standard InChI is InChI=1S/C22H31N3O4S/c1-17-4-6-18(7-5-17)21(26)25-9-2-3-19(15-25)22(27)24-12-10-23(11-13-24)20-8-14-30(28,29)16-20/h4-7,19-20H,2-3,8-16H2,1H3. The number of aryl methyl sites for hydroxylation is 1. The largest absolute Gasteiger partial charge is 0.340 e. The van der Waals surface area contributed by atoms with Gasteiger partial charge in [0.25, 0.3) is 5.91 Å². The Balaban J connectivity index is 1.31. The van der Waals surface area contributed by atoms with Crippen molar-refractivity contribution in [2.75, 3.05) is 50.8 Å². The van der Waals surface area contributed by atoms with E-state index in [1.165, 1.54) is 0 Å². The van der Waals surface area contributed by atoms with Gasteiger partial charge < -0.3 is 9.80 Å². The molecule has 3 aliphatic rings. The third-order valence-electron chi connectivity index (χ3n) is 6.71. The van der Waals surface area contributed by atoms with Gasteiger partial charge in [-0.15, -0.1) is 0 Å². The molecular formula is C22H31N3O4S. The second kappa shape index (κ2) is 8.67.